The normalized spacial score (nSPS) is 14.8. The lowest BCUT2D eigenvalue weighted by Gasteiger charge is -2.37. The molecule has 0 aliphatic carbocycles. The number of nitrogens with two attached hydrogens (primary N) is 1. The number of nitrogens with one attached hydrogen (secondary N) is 1. The monoisotopic (exact) mass is 401 g/mol. The molecule has 3 amide bonds. The minimum Gasteiger partial charge on any atom is -0.371 e. The van der Waals surface area contributed by atoms with Gasteiger partial charge in [-0.3, -0.25) is 19.6 Å². The molecular weight excluding hydrogens is 362 g/mol. The number of methoxy groups -OCH3 is 1. The van der Waals surface area contributed by atoms with E-state index in [1.54, 1.807) is 20.8 Å². The van der Waals surface area contributed by atoms with Crippen LogP contribution < -0.4 is 11.1 Å². The van der Waals surface area contributed by atoms with Crippen molar-refractivity contribution in [3.8, 4) is 0 Å². The number of carbonyl (C=O) groups is 3. The summed E-state index contributed by atoms with van der Waals surface area (Å²) in [5.74, 6) is -2.95. The van der Waals surface area contributed by atoms with Gasteiger partial charge in [-0.25, -0.2) is 5.06 Å². The van der Waals surface area contributed by atoms with Crippen molar-refractivity contribution in [2.24, 2.45) is 17.1 Å². The number of ether oxygens (including phenoxy) is 1. The molecule has 0 bridgehead atoms. The van der Waals surface area contributed by atoms with Gasteiger partial charge >= 0.3 is 0 Å². The van der Waals surface area contributed by atoms with Crippen LogP contribution in [-0.2, 0) is 19.1 Å². The lowest BCUT2D eigenvalue weighted by Crippen LogP contribution is -2.57. The molecule has 0 aromatic carbocycles. The van der Waals surface area contributed by atoms with Gasteiger partial charge in [0.15, 0.2) is 0 Å². The predicted molar refractivity (Wildman–Crippen MR) is 107 cm³/mol. The zero-order valence-electron chi connectivity index (χ0n) is 18.3. The molecule has 0 heterocycles. The molecule has 3 atom stereocenters. The van der Waals surface area contributed by atoms with Crippen molar-refractivity contribution in [1.29, 1.82) is 0 Å². The van der Waals surface area contributed by atoms with Crippen LogP contribution in [0.3, 0.4) is 0 Å². The van der Waals surface area contributed by atoms with Gasteiger partial charge in [-0.2, -0.15) is 0 Å². The Morgan fingerprint density at radius 3 is 2.07 bits per heavy atom. The average molecular weight is 402 g/mol. The van der Waals surface area contributed by atoms with Gasteiger partial charge in [-0.15, -0.1) is 0 Å². The Bertz CT molecular complexity index is 505. The molecule has 0 saturated carbocycles. The maximum absolute atomic E-state index is 13.0. The number of carbonyl (C=O) groups excluding carboxylic acids is 3. The molecule has 0 aromatic rings. The van der Waals surface area contributed by atoms with E-state index in [1.807, 2.05) is 0 Å². The average Bonchev–Trinajstić information content (AvgIpc) is 2.61. The molecule has 0 spiro atoms. The summed E-state index contributed by atoms with van der Waals surface area (Å²) in [6.07, 6.45) is 5.23. The predicted octanol–water partition coefficient (Wildman–Crippen LogP) is 2.23. The highest BCUT2D eigenvalue weighted by Gasteiger charge is 2.43. The summed E-state index contributed by atoms with van der Waals surface area (Å²) in [7, 11) is 2.74. The standard InChI is InChI=1S/C20H39N3O5/c1-7-8-9-10-11-12-13-14(15(28-6)17(21)24)19(26)23(27)16(18(25)22-5)20(2,3)4/h14-16,27H,7-13H2,1-6H3,(H2,21,24)(H,22,25)/t14-,15+,16-/m1/s1. The van der Waals surface area contributed by atoms with E-state index < -0.39 is 41.2 Å². The summed E-state index contributed by atoms with van der Waals surface area (Å²) < 4.78 is 5.16. The minimum atomic E-state index is -1.16. The van der Waals surface area contributed by atoms with Crippen molar-refractivity contribution >= 4 is 17.7 Å². The third-order valence-corrected chi connectivity index (χ3v) is 4.87. The highest BCUT2D eigenvalue weighted by molar-refractivity contribution is 5.91. The number of rotatable bonds is 13. The molecule has 28 heavy (non-hydrogen) atoms. The zero-order valence-corrected chi connectivity index (χ0v) is 18.3. The molecule has 4 N–H and O–H groups in total. The summed E-state index contributed by atoms with van der Waals surface area (Å²) >= 11 is 0. The van der Waals surface area contributed by atoms with Crippen LogP contribution in [0.2, 0.25) is 0 Å². The Kier molecular flexibility index (Phi) is 12.0. The molecule has 0 fully saturated rings. The minimum absolute atomic E-state index is 0.341. The molecule has 0 unspecified atom stereocenters. The van der Waals surface area contributed by atoms with E-state index in [0.717, 1.165) is 32.1 Å². The van der Waals surface area contributed by atoms with Crippen molar-refractivity contribution in [2.75, 3.05) is 14.2 Å². The first kappa shape index (κ1) is 26.3. The number of nitrogens with zero attached hydrogens (tertiary/aromatic N) is 1. The lowest BCUT2D eigenvalue weighted by molar-refractivity contribution is -0.197. The maximum Gasteiger partial charge on any atom is 0.252 e. The van der Waals surface area contributed by atoms with Gasteiger partial charge in [0.1, 0.15) is 12.1 Å². The number of amides is 3. The first-order chi connectivity index (χ1) is 13.0. The van der Waals surface area contributed by atoms with Crippen molar-refractivity contribution < 1.29 is 24.3 Å². The van der Waals surface area contributed by atoms with E-state index >= 15 is 0 Å². The fourth-order valence-electron chi connectivity index (χ4n) is 3.33. The number of hydroxylamine groups is 2. The van der Waals surface area contributed by atoms with Gasteiger partial charge in [0, 0.05) is 14.2 Å². The highest BCUT2D eigenvalue weighted by Crippen LogP contribution is 2.27. The molecule has 0 radical (unpaired) electrons. The van der Waals surface area contributed by atoms with Crippen molar-refractivity contribution in [2.45, 2.75) is 84.8 Å². The van der Waals surface area contributed by atoms with Crippen LogP contribution in [0.4, 0.5) is 0 Å². The highest BCUT2D eigenvalue weighted by atomic mass is 16.5. The Morgan fingerprint density at radius 1 is 1.11 bits per heavy atom. The third kappa shape index (κ3) is 8.14. The van der Waals surface area contributed by atoms with E-state index in [9.17, 15) is 19.6 Å². The number of unbranched alkanes of at least 4 members (excludes halogenated alkanes) is 5. The molecule has 164 valence electrons. The SMILES string of the molecule is CCCCCCCC[C@@H](C(=O)N(O)[C@H](C(=O)NC)C(C)(C)C)[C@H](OC)C(N)=O. The molecule has 0 rings (SSSR count). The quantitative estimate of drug-likeness (QED) is 0.248. The van der Waals surface area contributed by atoms with Crippen molar-refractivity contribution in [3.05, 3.63) is 0 Å². The Balaban J connectivity index is 5.41. The van der Waals surface area contributed by atoms with Crippen LogP contribution >= 0.6 is 0 Å². The second kappa shape index (κ2) is 12.7. The van der Waals surface area contributed by atoms with Crippen molar-refractivity contribution in [1.82, 2.24) is 10.4 Å². The lowest BCUT2D eigenvalue weighted by atomic mass is 9.84. The summed E-state index contributed by atoms with van der Waals surface area (Å²) in [5, 5.41) is 13.5. The van der Waals surface area contributed by atoms with E-state index in [2.05, 4.69) is 12.2 Å². The maximum atomic E-state index is 13.0. The Morgan fingerprint density at radius 2 is 1.64 bits per heavy atom. The molecule has 0 aliphatic rings. The fourth-order valence-corrected chi connectivity index (χ4v) is 3.33. The van der Waals surface area contributed by atoms with Crippen molar-refractivity contribution in [3.63, 3.8) is 0 Å². The summed E-state index contributed by atoms with van der Waals surface area (Å²) in [6, 6.07) is -1.11. The van der Waals surface area contributed by atoms with E-state index in [1.165, 1.54) is 14.2 Å². The van der Waals surface area contributed by atoms with Gasteiger partial charge in [0.2, 0.25) is 11.8 Å². The van der Waals surface area contributed by atoms with E-state index in [4.69, 9.17) is 10.5 Å². The summed E-state index contributed by atoms with van der Waals surface area (Å²) in [4.78, 5) is 37.1. The topological polar surface area (TPSA) is 122 Å². The number of hydrogen-bond donors (Lipinski definition) is 3. The molecule has 8 nitrogen and oxygen atoms in total. The molecule has 8 heteroatoms. The van der Waals surface area contributed by atoms with E-state index in [0.29, 0.717) is 17.9 Å². The van der Waals surface area contributed by atoms with Gasteiger partial charge in [-0.1, -0.05) is 66.2 Å². The van der Waals surface area contributed by atoms with Crippen LogP contribution in [-0.4, -0.2) is 54.3 Å². The second-order valence-corrected chi connectivity index (χ2v) is 8.29. The molecule has 0 aromatic heterocycles. The van der Waals surface area contributed by atoms with Crippen LogP contribution in [0.15, 0.2) is 0 Å². The smallest absolute Gasteiger partial charge is 0.252 e. The van der Waals surface area contributed by atoms with Crippen LogP contribution in [0.25, 0.3) is 0 Å². The summed E-state index contributed by atoms with van der Waals surface area (Å²) in [6.45, 7) is 7.37. The molecule has 0 saturated heterocycles. The number of likely N-dealkylation sites (N-methyl/N-ethyl adjacent to an activating group) is 1. The van der Waals surface area contributed by atoms with Gasteiger partial charge in [0.25, 0.3) is 5.91 Å². The van der Waals surface area contributed by atoms with Crippen LogP contribution in [0, 0.1) is 11.3 Å². The number of primary amides is 1. The van der Waals surface area contributed by atoms with E-state index in [-0.39, 0.29) is 0 Å². The Hall–Kier alpha value is -1.67. The van der Waals surface area contributed by atoms with Gasteiger partial charge in [-0.05, 0) is 11.8 Å². The number of hydrogen-bond acceptors (Lipinski definition) is 5. The first-order valence-corrected chi connectivity index (χ1v) is 10.1. The first-order valence-electron chi connectivity index (χ1n) is 10.1. The van der Waals surface area contributed by atoms with Crippen LogP contribution in [0.5, 0.6) is 0 Å². The molecular formula is C20H39N3O5. The van der Waals surface area contributed by atoms with Gasteiger partial charge < -0.3 is 15.8 Å². The third-order valence-electron chi connectivity index (χ3n) is 4.87. The van der Waals surface area contributed by atoms with Crippen LogP contribution in [0.1, 0.15) is 72.6 Å². The fraction of sp³-hybridized carbons (Fsp3) is 0.850. The zero-order chi connectivity index (χ0) is 21.9. The largest absolute Gasteiger partial charge is 0.371 e. The summed E-state index contributed by atoms with van der Waals surface area (Å²) in [5.41, 5.74) is 4.69. The second-order valence-electron chi connectivity index (χ2n) is 8.29. The Labute approximate surface area is 169 Å². The van der Waals surface area contributed by atoms with Gasteiger partial charge in [0.05, 0.1) is 5.92 Å². The molecule has 0 aliphatic heterocycles.